The molecule has 0 aliphatic carbocycles. The Morgan fingerprint density at radius 1 is 0.364 bits per heavy atom. The van der Waals surface area contributed by atoms with Crippen molar-refractivity contribution in [3.8, 4) is 33.4 Å². The van der Waals surface area contributed by atoms with Crippen LogP contribution in [0.2, 0.25) is 0 Å². The van der Waals surface area contributed by atoms with Gasteiger partial charge in [-0.2, -0.15) is 0 Å². The Morgan fingerprint density at radius 2 is 0.964 bits per heavy atom. The van der Waals surface area contributed by atoms with Crippen molar-refractivity contribution >= 4 is 81.3 Å². The molecule has 0 N–H and O–H groups in total. The minimum absolute atomic E-state index is 0.874. The van der Waals surface area contributed by atoms with Crippen LogP contribution in [-0.2, 0) is 0 Å². The van der Waals surface area contributed by atoms with E-state index in [-0.39, 0.29) is 0 Å². The second-order valence-corrected chi connectivity index (χ2v) is 15.2. The summed E-state index contributed by atoms with van der Waals surface area (Å²) in [5, 5.41) is 7.34. The minimum Gasteiger partial charge on any atom is -0.456 e. The molecule has 11 aromatic rings. The van der Waals surface area contributed by atoms with Crippen molar-refractivity contribution in [3.05, 3.63) is 200 Å². The summed E-state index contributed by atoms with van der Waals surface area (Å²) < 4.78 is 9.01. The molecule has 0 aliphatic heterocycles. The zero-order valence-electron chi connectivity index (χ0n) is 29.8. The molecule has 0 amide bonds. The van der Waals surface area contributed by atoms with Crippen molar-refractivity contribution in [2.75, 3.05) is 4.90 Å². The van der Waals surface area contributed by atoms with E-state index in [1.165, 1.54) is 64.3 Å². The number of thiophene rings is 1. The lowest BCUT2D eigenvalue weighted by atomic mass is 9.97. The summed E-state index contributed by atoms with van der Waals surface area (Å²) in [5.41, 5.74) is 12.2. The van der Waals surface area contributed by atoms with Gasteiger partial charge in [-0.1, -0.05) is 133 Å². The molecule has 0 radical (unpaired) electrons. The van der Waals surface area contributed by atoms with Crippen LogP contribution in [0.4, 0.5) is 17.1 Å². The van der Waals surface area contributed by atoms with E-state index in [4.69, 9.17) is 4.42 Å². The highest BCUT2D eigenvalue weighted by Crippen LogP contribution is 2.45. The summed E-state index contributed by atoms with van der Waals surface area (Å²) in [6.07, 6.45) is 0. The third-order valence-corrected chi connectivity index (χ3v) is 12.0. The van der Waals surface area contributed by atoms with Gasteiger partial charge in [0.15, 0.2) is 0 Å². The highest BCUT2D eigenvalue weighted by molar-refractivity contribution is 7.25. The van der Waals surface area contributed by atoms with E-state index in [1.54, 1.807) is 0 Å². The van der Waals surface area contributed by atoms with Crippen molar-refractivity contribution in [2.24, 2.45) is 0 Å². The summed E-state index contributed by atoms with van der Waals surface area (Å²) in [5.74, 6) is 0. The second kappa shape index (κ2) is 12.9. The largest absolute Gasteiger partial charge is 0.456 e. The molecule has 3 heteroatoms. The van der Waals surface area contributed by atoms with Crippen LogP contribution in [0.3, 0.4) is 0 Å². The lowest BCUT2D eigenvalue weighted by molar-refractivity contribution is 0.669. The Balaban J connectivity index is 1.02. The number of nitrogens with zero attached hydrogens (tertiary/aromatic N) is 1. The molecule has 0 saturated carbocycles. The van der Waals surface area contributed by atoms with Crippen molar-refractivity contribution in [2.45, 2.75) is 0 Å². The maximum Gasteiger partial charge on any atom is 0.137 e. The molecule has 2 nitrogen and oxygen atoms in total. The van der Waals surface area contributed by atoms with E-state index in [0.29, 0.717) is 0 Å². The minimum atomic E-state index is 0.874. The van der Waals surface area contributed by atoms with Crippen LogP contribution in [0, 0.1) is 0 Å². The summed E-state index contributed by atoms with van der Waals surface area (Å²) in [6, 6.07) is 72.2. The molecule has 9 aromatic carbocycles. The second-order valence-electron chi connectivity index (χ2n) is 14.1. The first kappa shape index (κ1) is 31.6. The fourth-order valence-corrected chi connectivity index (χ4v) is 9.36. The molecule has 55 heavy (non-hydrogen) atoms. The highest BCUT2D eigenvalue weighted by Gasteiger charge is 2.20. The van der Waals surface area contributed by atoms with Crippen LogP contribution >= 0.6 is 11.3 Å². The van der Waals surface area contributed by atoms with Crippen LogP contribution in [0.5, 0.6) is 0 Å². The predicted octanol–water partition coefficient (Wildman–Crippen LogP) is 15.6. The summed E-state index contributed by atoms with van der Waals surface area (Å²) in [4.78, 5) is 2.37. The Labute approximate surface area is 322 Å². The zero-order valence-corrected chi connectivity index (χ0v) is 30.6. The lowest BCUT2D eigenvalue weighted by Crippen LogP contribution is -2.10. The summed E-state index contributed by atoms with van der Waals surface area (Å²) in [7, 11) is 0. The van der Waals surface area contributed by atoms with Gasteiger partial charge < -0.3 is 9.32 Å². The number of fused-ring (bicyclic) bond motifs is 7. The smallest absolute Gasteiger partial charge is 0.137 e. The van der Waals surface area contributed by atoms with Gasteiger partial charge in [-0.15, -0.1) is 11.3 Å². The molecule has 0 bridgehead atoms. The van der Waals surface area contributed by atoms with Crippen molar-refractivity contribution < 1.29 is 4.42 Å². The van der Waals surface area contributed by atoms with Gasteiger partial charge in [0.25, 0.3) is 0 Å². The average Bonchev–Trinajstić information content (AvgIpc) is 3.83. The van der Waals surface area contributed by atoms with Crippen molar-refractivity contribution in [1.82, 2.24) is 0 Å². The molecule has 11 rings (SSSR count). The number of hydrogen-bond acceptors (Lipinski definition) is 3. The molecule has 0 unspecified atom stereocenters. The third-order valence-electron chi connectivity index (χ3n) is 10.9. The molecule has 0 spiro atoms. The highest BCUT2D eigenvalue weighted by atomic mass is 32.1. The lowest BCUT2D eigenvalue weighted by Gasteiger charge is -2.26. The molecule has 2 aromatic heterocycles. The van der Waals surface area contributed by atoms with E-state index in [9.17, 15) is 0 Å². The normalized spacial score (nSPS) is 11.6. The first-order valence-corrected chi connectivity index (χ1v) is 19.5. The zero-order chi connectivity index (χ0) is 36.3. The van der Waals surface area contributed by atoms with Gasteiger partial charge in [0.05, 0.1) is 11.1 Å². The van der Waals surface area contributed by atoms with Gasteiger partial charge in [-0.3, -0.25) is 0 Å². The summed E-state index contributed by atoms with van der Waals surface area (Å²) in [6.45, 7) is 0. The predicted molar refractivity (Wildman–Crippen MR) is 235 cm³/mol. The number of furan rings is 1. The number of rotatable bonds is 6. The molecule has 0 aliphatic rings. The first-order chi connectivity index (χ1) is 27.2. The SMILES string of the molecule is c1cc(-c2ccc(N(c3ccc(-c4cccc5sc6ccccc6c45)cc3)c3cccc4oc5ccccc5c34)cc2)cc(-c2ccc3ccccc3c2)c1. The monoisotopic (exact) mass is 719 g/mol. The van der Waals surface area contributed by atoms with E-state index < -0.39 is 0 Å². The Hall–Kier alpha value is -6.94. The van der Waals surface area contributed by atoms with Gasteiger partial charge in [0, 0.05) is 36.9 Å². The number of benzene rings is 9. The number of para-hydroxylation sites is 1. The van der Waals surface area contributed by atoms with Gasteiger partial charge in [-0.25, -0.2) is 0 Å². The van der Waals surface area contributed by atoms with E-state index in [1.807, 2.05) is 23.5 Å². The van der Waals surface area contributed by atoms with Crippen molar-refractivity contribution in [1.29, 1.82) is 0 Å². The maximum absolute atomic E-state index is 6.38. The molecule has 0 saturated heterocycles. The Bertz CT molecular complexity index is 3210. The van der Waals surface area contributed by atoms with Gasteiger partial charge in [0.1, 0.15) is 11.2 Å². The molecular weight excluding hydrogens is 687 g/mol. The van der Waals surface area contributed by atoms with Gasteiger partial charge >= 0.3 is 0 Å². The van der Waals surface area contributed by atoms with Crippen LogP contribution in [0.25, 0.3) is 86.3 Å². The fourth-order valence-electron chi connectivity index (χ4n) is 8.22. The van der Waals surface area contributed by atoms with E-state index in [0.717, 1.165) is 39.0 Å². The topological polar surface area (TPSA) is 16.4 Å². The molecule has 0 atom stereocenters. The van der Waals surface area contributed by atoms with Gasteiger partial charge in [0.2, 0.25) is 0 Å². The molecular formula is C52H33NOS. The van der Waals surface area contributed by atoms with Crippen molar-refractivity contribution in [3.63, 3.8) is 0 Å². The van der Waals surface area contributed by atoms with Crippen LogP contribution in [-0.4, -0.2) is 0 Å². The number of hydrogen-bond donors (Lipinski definition) is 0. The first-order valence-electron chi connectivity index (χ1n) is 18.7. The average molecular weight is 720 g/mol. The molecule has 0 fully saturated rings. The third kappa shape index (κ3) is 5.40. The summed E-state index contributed by atoms with van der Waals surface area (Å²) >= 11 is 1.86. The van der Waals surface area contributed by atoms with E-state index in [2.05, 4.69) is 193 Å². The standard InChI is InChI=1S/C52H33NOS/c1-2-11-37-33-40(23-22-34(37)10-1)39-13-7-12-38(32-39)35-24-28-41(29-25-35)53(46-17-9-19-48-52(46)44-14-3-5-18-47(44)54-48)42-30-26-36(27-31-42)43-16-8-21-50-51(43)45-15-4-6-20-49(45)55-50/h1-33H. The maximum atomic E-state index is 6.38. The molecule has 258 valence electrons. The fraction of sp³-hybridized carbons (Fsp3) is 0. The number of anilines is 3. The van der Waals surface area contributed by atoms with Crippen LogP contribution in [0.1, 0.15) is 0 Å². The quantitative estimate of drug-likeness (QED) is 0.170. The van der Waals surface area contributed by atoms with Gasteiger partial charge in [-0.05, 0) is 111 Å². The van der Waals surface area contributed by atoms with Crippen LogP contribution < -0.4 is 4.90 Å². The van der Waals surface area contributed by atoms with E-state index >= 15 is 0 Å². The Kier molecular flexibility index (Phi) is 7.39. The van der Waals surface area contributed by atoms with Crippen LogP contribution in [0.15, 0.2) is 205 Å². The Morgan fingerprint density at radius 3 is 1.80 bits per heavy atom. The molecule has 2 heterocycles.